The van der Waals surface area contributed by atoms with Crippen LogP contribution in [0.4, 0.5) is 4.39 Å². The molecule has 1 radical (unpaired) electrons. The van der Waals surface area contributed by atoms with Crippen LogP contribution in [0.25, 0.3) is 106 Å². The van der Waals surface area contributed by atoms with Crippen molar-refractivity contribution in [1.29, 1.82) is 0 Å². The summed E-state index contributed by atoms with van der Waals surface area (Å²) < 4.78 is 40.4. The summed E-state index contributed by atoms with van der Waals surface area (Å²) >= 11 is -2.16. The number of hydrogen-bond donors (Lipinski definition) is 0. The zero-order valence-corrected chi connectivity index (χ0v) is 43.5. The topological polar surface area (TPSA) is 69.9 Å². The molecule has 69 heavy (non-hydrogen) atoms. The second kappa shape index (κ2) is 18.5. The molecule has 5 aromatic heterocycles. The summed E-state index contributed by atoms with van der Waals surface area (Å²) in [4.78, 5) is 14.3. The minimum atomic E-state index is -2.16. The molecule has 0 aliphatic carbocycles. The third-order valence-electron chi connectivity index (χ3n) is 12.6. The number of halogens is 1. The fraction of sp³-hybridized carbons (Fsp3) is 0.117. The molecular formula is C60H47FGeIrN4O2-2. The number of imidazole rings is 1. The van der Waals surface area contributed by atoms with E-state index in [2.05, 4.69) is 76.8 Å². The van der Waals surface area contributed by atoms with E-state index >= 15 is 4.39 Å². The van der Waals surface area contributed by atoms with Crippen molar-refractivity contribution in [3.8, 4) is 50.6 Å². The first-order valence-corrected chi connectivity index (χ1v) is 30.1. The van der Waals surface area contributed by atoms with E-state index in [1.807, 2.05) is 147 Å². The van der Waals surface area contributed by atoms with E-state index in [1.54, 1.807) is 6.07 Å². The van der Waals surface area contributed by atoms with Crippen molar-refractivity contribution < 1.29 is 34.7 Å². The van der Waals surface area contributed by atoms with Crippen LogP contribution in [0.1, 0.15) is 32.4 Å². The van der Waals surface area contributed by atoms with Gasteiger partial charge in [0.1, 0.15) is 11.4 Å². The number of fused-ring (bicyclic) bond motifs is 7. The van der Waals surface area contributed by atoms with Crippen LogP contribution < -0.4 is 4.40 Å². The third-order valence-corrected chi connectivity index (χ3v) is 16.8. The molecule has 7 aromatic carbocycles. The number of pyridine rings is 2. The predicted octanol–water partition coefficient (Wildman–Crippen LogP) is 15.7. The predicted molar refractivity (Wildman–Crippen MR) is 279 cm³/mol. The molecule has 0 saturated heterocycles. The molecule has 0 spiro atoms. The Morgan fingerprint density at radius 3 is 1.96 bits per heavy atom. The largest absolute Gasteiger partial charge is 0 e. The summed E-state index contributed by atoms with van der Waals surface area (Å²) in [7, 11) is 0. The van der Waals surface area contributed by atoms with Crippen molar-refractivity contribution in [1.82, 2.24) is 19.5 Å². The second-order valence-corrected chi connectivity index (χ2v) is 29.0. The number of para-hydroxylation sites is 2. The Kier molecular flexibility index (Phi) is 11.9. The van der Waals surface area contributed by atoms with Gasteiger partial charge in [-0.1, -0.05) is 102 Å². The fourth-order valence-corrected chi connectivity index (χ4v) is 12.5. The van der Waals surface area contributed by atoms with E-state index in [-0.39, 0.29) is 25.9 Å². The van der Waals surface area contributed by atoms with Gasteiger partial charge in [-0.15, -0.1) is 18.2 Å². The standard InChI is InChI=1S/C37H22FN2O.C23H25GeN2O.Ir/c38-31-22-26(24-10-3-1-4-11-24)19-21-33(31)40-34-17-8-7-16-32(34)39-37(40)30-15-9-14-29-28-20-18-27(23-35(28)41-36(29)30)25-12-5-2-6-13-25;1-14(2)19-12-21(25-13-20(19)24(4,5)6)18-9-7-8-16-17-11-10-15(3)26-23(17)27-22(16)18;/h1-14,16-23H;7-8,10-14H,1-6H3;/q2*-1;/i;14D;. The quantitative estimate of drug-likeness (QED) is 0.117. The Balaban J connectivity index is 0.000000172. The smallest absolute Gasteiger partial charge is 0 e. The van der Waals surface area contributed by atoms with Gasteiger partial charge in [0.05, 0.1) is 28.1 Å². The van der Waals surface area contributed by atoms with E-state index in [9.17, 15) is 0 Å². The normalized spacial score (nSPS) is 12.1. The Bertz CT molecular complexity index is 3910. The summed E-state index contributed by atoms with van der Waals surface area (Å²) in [5.74, 6) is 6.57. The number of aryl methyl sites for hydroxylation is 1. The van der Waals surface area contributed by atoms with Gasteiger partial charge >= 0.3 is 165 Å². The Labute approximate surface area is 418 Å². The Morgan fingerprint density at radius 2 is 1.26 bits per heavy atom. The Morgan fingerprint density at radius 1 is 0.638 bits per heavy atom. The van der Waals surface area contributed by atoms with E-state index in [0.29, 0.717) is 28.4 Å². The maximum absolute atomic E-state index is 15.9. The molecule has 0 N–H and O–H groups in total. The van der Waals surface area contributed by atoms with Crippen molar-refractivity contribution in [3.05, 3.63) is 199 Å². The molecule has 341 valence electrons. The minimum Gasteiger partial charge on any atom is 0 e. The van der Waals surface area contributed by atoms with Crippen LogP contribution in [-0.4, -0.2) is 32.8 Å². The number of benzene rings is 7. The van der Waals surface area contributed by atoms with Crippen LogP contribution in [0.2, 0.25) is 17.3 Å². The first kappa shape index (κ1) is 44.5. The van der Waals surface area contributed by atoms with Gasteiger partial charge in [-0.05, 0) is 52.6 Å². The van der Waals surface area contributed by atoms with E-state index in [0.717, 1.165) is 88.5 Å². The van der Waals surface area contributed by atoms with Crippen LogP contribution in [0.15, 0.2) is 179 Å². The number of nitrogens with zero attached hydrogens (tertiary/aromatic N) is 4. The summed E-state index contributed by atoms with van der Waals surface area (Å²) in [5.41, 5.74) is 13.1. The SMILES string of the molecule is Fc1cc(-c2ccccc2)ccc1-n1c(-c2[c-]ccc3c2oc2cc(-c4ccccc4)ccc23)nc2ccccc21.[2H]C(C)(C)c1cc(-c2[c-]ccc3c2oc2nc(C)ccc23)nc[c]1[Ge]([CH3])([CH3])[CH3].[Ir]. The van der Waals surface area contributed by atoms with Gasteiger partial charge in [-0.3, -0.25) is 4.98 Å². The number of rotatable bonds is 7. The van der Waals surface area contributed by atoms with Crippen molar-refractivity contribution in [2.45, 2.75) is 43.9 Å². The molecule has 0 aliphatic rings. The molecule has 0 aliphatic heterocycles. The minimum absolute atomic E-state index is 0. The van der Waals surface area contributed by atoms with Crippen LogP contribution >= 0.6 is 0 Å². The second-order valence-electron chi connectivity index (χ2n) is 18.4. The van der Waals surface area contributed by atoms with Crippen LogP contribution in [0.3, 0.4) is 0 Å². The maximum Gasteiger partial charge on any atom is 0 e. The van der Waals surface area contributed by atoms with Crippen molar-refractivity contribution in [3.63, 3.8) is 0 Å². The molecule has 5 heterocycles. The van der Waals surface area contributed by atoms with Crippen molar-refractivity contribution >= 4 is 72.7 Å². The van der Waals surface area contributed by atoms with Gasteiger partial charge < -0.3 is 8.98 Å². The summed E-state index contributed by atoms with van der Waals surface area (Å²) in [6.07, 6.45) is 1.98. The van der Waals surface area contributed by atoms with Crippen LogP contribution in [-0.2, 0) is 20.1 Å². The maximum atomic E-state index is 15.9. The molecule has 0 saturated carbocycles. The monoisotopic (exact) mass is 1140 g/mol. The molecule has 0 atom stereocenters. The van der Waals surface area contributed by atoms with Crippen LogP contribution in [0.5, 0.6) is 0 Å². The van der Waals surface area contributed by atoms with Gasteiger partial charge in [-0.25, -0.2) is 4.39 Å². The first-order chi connectivity index (χ1) is 33.3. The number of aromatic nitrogens is 4. The summed E-state index contributed by atoms with van der Waals surface area (Å²) in [6, 6.07) is 60.1. The molecular weight excluding hydrogens is 1090 g/mol. The van der Waals surface area contributed by atoms with Gasteiger partial charge in [0.2, 0.25) is 0 Å². The average Bonchev–Trinajstić information content (AvgIpc) is 4.05. The third kappa shape index (κ3) is 8.52. The Hall–Kier alpha value is -6.97. The van der Waals surface area contributed by atoms with Gasteiger partial charge in [0.15, 0.2) is 0 Å². The van der Waals surface area contributed by atoms with Crippen LogP contribution in [0, 0.1) is 24.9 Å². The molecule has 0 bridgehead atoms. The average molecular weight is 1140 g/mol. The molecule has 0 amide bonds. The van der Waals surface area contributed by atoms with E-state index in [1.165, 1.54) is 4.40 Å². The van der Waals surface area contributed by atoms with Gasteiger partial charge in [0.25, 0.3) is 0 Å². The summed E-state index contributed by atoms with van der Waals surface area (Å²) in [6.45, 7) is 5.85. The molecule has 6 nitrogen and oxygen atoms in total. The number of hydrogen-bond acceptors (Lipinski definition) is 5. The summed E-state index contributed by atoms with van der Waals surface area (Å²) in [5, 5.41) is 3.99. The van der Waals surface area contributed by atoms with Crippen molar-refractivity contribution in [2.24, 2.45) is 0 Å². The van der Waals surface area contributed by atoms with Crippen molar-refractivity contribution in [2.75, 3.05) is 0 Å². The van der Waals surface area contributed by atoms with E-state index in [4.69, 9.17) is 20.2 Å². The van der Waals surface area contributed by atoms with Gasteiger partial charge in [0, 0.05) is 25.5 Å². The zero-order valence-electron chi connectivity index (χ0n) is 40.0. The zero-order chi connectivity index (χ0) is 47.6. The molecule has 9 heteroatoms. The van der Waals surface area contributed by atoms with Gasteiger partial charge in [-0.2, -0.15) is 0 Å². The molecule has 0 unspecified atom stereocenters. The molecule has 12 rings (SSSR count). The van der Waals surface area contributed by atoms with E-state index < -0.39 is 19.2 Å². The first-order valence-electron chi connectivity index (χ1n) is 23.3. The number of furan rings is 2. The fourth-order valence-electron chi connectivity index (χ4n) is 9.16. The molecule has 12 aromatic rings. The molecule has 0 fully saturated rings.